The van der Waals surface area contributed by atoms with E-state index in [9.17, 15) is 8.42 Å². The molecule has 0 fully saturated rings. The number of sulfonamides is 1. The van der Waals surface area contributed by atoms with Crippen LogP contribution in [0.1, 0.15) is 23.9 Å². The quantitative estimate of drug-likeness (QED) is 0.731. The zero-order valence-corrected chi connectivity index (χ0v) is 12.8. The van der Waals surface area contributed by atoms with Gasteiger partial charge in [-0.1, -0.05) is 6.92 Å². The molecule has 0 amide bonds. The number of hydrogen-bond donors (Lipinski definition) is 1. The van der Waals surface area contributed by atoms with E-state index < -0.39 is 10.0 Å². The Hall–Kier alpha value is -0.500. The molecule has 5 nitrogen and oxygen atoms in total. The van der Waals surface area contributed by atoms with E-state index in [4.69, 9.17) is 0 Å². The number of nitrogens with zero attached hydrogens (tertiary/aromatic N) is 2. The van der Waals surface area contributed by atoms with Crippen molar-refractivity contribution in [1.29, 1.82) is 0 Å². The van der Waals surface area contributed by atoms with E-state index >= 15 is 0 Å². The van der Waals surface area contributed by atoms with Crippen LogP contribution in [0.15, 0.2) is 5.51 Å². The number of aryl methyl sites for hydroxylation is 1. The van der Waals surface area contributed by atoms with E-state index in [1.165, 1.54) is 15.6 Å². The smallest absolute Gasteiger partial charge is 0.215 e. The second-order valence-corrected chi connectivity index (χ2v) is 7.32. The monoisotopic (exact) mass is 291 g/mol. The highest BCUT2D eigenvalue weighted by atomic mass is 32.2. The summed E-state index contributed by atoms with van der Waals surface area (Å²) in [6.07, 6.45) is 1.01. The van der Waals surface area contributed by atoms with Crippen LogP contribution in [0.2, 0.25) is 0 Å². The number of aromatic nitrogens is 1. The van der Waals surface area contributed by atoms with Crippen LogP contribution in [0.3, 0.4) is 0 Å². The van der Waals surface area contributed by atoms with Crippen LogP contribution >= 0.6 is 11.3 Å². The maximum atomic E-state index is 12.0. The Kier molecular flexibility index (Phi) is 6.20. The minimum atomic E-state index is -3.18. The molecule has 0 saturated heterocycles. The van der Waals surface area contributed by atoms with Gasteiger partial charge >= 0.3 is 0 Å². The Morgan fingerprint density at radius 1 is 1.44 bits per heavy atom. The van der Waals surface area contributed by atoms with Crippen LogP contribution in [0.5, 0.6) is 0 Å². The van der Waals surface area contributed by atoms with E-state index in [1.54, 1.807) is 12.6 Å². The topological polar surface area (TPSA) is 62.3 Å². The van der Waals surface area contributed by atoms with Gasteiger partial charge in [-0.05, 0) is 19.9 Å². The number of rotatable bonds is 8. The van der Waals surface area contributed by atoms with Crippen molar-refractivity contribution < 1.29 is 8.42 Å². The average molecular weight is 291 g/mol. The molecule has 0 unspecified atom stereocenters. The number of thiazole rings is 1. The molecule has 1 rings (SSSR count). The molecule has 7 heteroatoms. The summed E-state index contributed by atoms with van der Waals surface area (Å²) in [7, 11) is -1.56. The lowest BCUT2D eigenvalue weighted by molar-refractivity contribution is 0.467. The van der Waals surface area contributed by atoms with Crippen LogP contribution < -0.4 is 5.32 Å². The Morgan fingerprint density at radius 2 is 2.17 bits per heavy atom. The molecule has 0 atom stereocenters. The van der Waals surface area contributed by atoms with Crippen LogP contribution in [0.25, 0.3) is 0 Å². The third-order valence-corrected chi connectivity index (χ3v) is 5.37. The first-order valence-corrected chi connectivity index (χ1v) is 8.50. The van der Waals surface area contributed by atoms with Crippen molar-refractivity contribution in [3.63, 3.8) is 0 Å². The number of nitrogens with one attached hydrogen (secondary N) is 1. The Morgan fingerprint density at radius 3 is 2.72 bits per heavy atom. The highest BCUT2D eigenvalue weighted by Gasteiger charge is 2.18. The minimum absolute atomic E-state index is 0.140. The fraction of sp³-hybridized carbons (Fsp3) is 0.727. The molecule has 0 spiro atoms. The van der Waals surface area contributed by atoms with Gasteiger partial charge in [0.1, 0.15) is 0 Å². The van der Waals surface area contributed by atoms with Crippen molar-refractivity contribution in [2.75, 3.05) is 25.9 Å². The average Bonchev–Trinajstić information content (AvgIpc) is 2.71. The molecule has 1 heterocycles. The Balaban J connectivity index is 2.49. The van der Waals surface area contributed by atoms with Crippen LogP contribution in [0, 0.1) is 6.92 Å². The van der Waals surface area contributed by atoms with Crippen molar-refractivity contribution in [3.05, 3.63) is 16.1 Å². The molecule has 0 bridgehead atoms. The Bertz CT molecular complexity index is 457. The zero-order chi connectivity index (χ0) is 13.6. The van der Waals surface area contributed by atoms with Crippen molar-refractivity contribution in [2.45, 2.75) is 26.8 Å². The summed E-state index contributed by atoms with van der Waals surface area (Å²) in [6, 6.07) is 0. The summed E-state index contributed by atoms with van der Waals surface area (Å²) in [5.41, 5.74) is 2.65. The summed E-state index contributed by atoms with van der Waals surface area (Å²) in [4.78, 5) is 5.13. The van der Waals surface area contributed by atoms with Crippen molar-refractivity contribution in [2.24, 2.45) is 0 Å². The first kappa shape index (κ1) is 15.6. The third-order valence-electron chi connectivity index (χ3n) is 2.65. The first-order valence-electron chi connectivity index (χ1n) is 6.01. The lowest BCUT2D eigenvalue weighted by Gasteiger charge is -2.16. The Labute approximate surface area is 113 Å². The summed E-state index contributed by atoms with van der Waals surface area (Å²) < 4.78 is 25.4. The lowest BCUT2D eigenvalue weighted by Crippen LogP contribution is -2.33. The van der Waals surface area contributed by atoms with Crippen LogP contribution in [0.4, 0.5) is 0 Å². The van der Waals surface area contributed by atoms with Gasteiger partial charge in [0, 0.05) is 25.0 Å². The van der Waals surface area contributed by atoms with Crippen molar-refractivity contribution >= 4 is 21.4 Å². The predicted octanol–water partition coefficient (Wildman–Crippen LogP) is 1.21. The maximum absolute atomic E-state index is 12.0. The van der Waals surface area contributed by atoms with E-state index in [0.717, 1.165) is 23.5 Å². The SMILES string of the molecule is CCCNCCS(=O)(=O)N(C)Cc1scnc1C. The van der Waals surface area contributed by atoms with E-state index in [0.29, 0.717) is 13.1 Å². The van der Waals surface area contributed by atoms with Crippen LogP contribution in [-0.2, 0) is 16.6 Å². The largest absolute Gasteiger partial charge is 0.316 e. The first-order chi connectivity index (χ1) is 8.47. The third kappa shape index (κ3) is 4.64. The molecule has 18 heavy (non-hydrogen) atoms. The van der Waals surface area contributed by atoms with Gasteiger partial charge in [0.2, 0.25) is 10.0 Å². The molecule has 1 aromatic rings. The van der Waals surface area contributed by atoms with Gasteiger partial charge in [-0.2, -0.15) is 4.31 Å². The molecule has 104 valence electrons. The predicted molar refractivity (Wildman–Crippen MR) is 75.3 cm³/mol. The van der Waals surface area contributed by atoms with E-state index in [1.807, 2.05) is 6.92 Å². The molecular formula is C11H21N3O2S2. The van der Waals surface area contributed by atoms with Crippen molar-refractivity contribution in [1.82, 2.24) is 14.6 Å². The van der Waals surface area contributed by atoms with Crippen molar-refractivity contribution in [3.8, 4) is 0 Å². The second kappa shape index (κ2) is 7.18. The normalized spacial score (nSPS) is 12.2. The molecule has 1 N–H and O–H groups in total. The van der Waals surface area contributed by atoms with Gasteiger partial charge in [-0.15, -0.1) is 11.3 Å². The fourth-order valence-corrected chi connectivity index (χ4v) is 3.39. The minimum Gasteiger partial charge on any atom is -0.316 e. The summed E-state index contributed by atoms with van der Waals surface area (Å²) in [6.45, 7) is 5.72. The lowest BCUT2D eigenvalue weighted by atomic mass is 10.4. The van der Waals surface area contributed by atoms with Gasteiger partial charge in [0.05, 0.1) is 17.0 Å². The molecule has 0 aliphatic heterocycles. The summed E-state index contributed by atoms with van der Waals surface area (Å²) in [5.74, 6) is 0.140. The molecule has 0 aliphatic carbocycles. The molecule has 1 aromatic heterocycles. The van der Waals surface area contributed by atoms with Gasteiger partial charge in [-0.3, -0.25) is 0 Å². The van der Waals surface area contributed by atoms with E-state index in [2.05, 4.69) is 17.2 Å². The maximum Gasteiger partial charge on any atom is 0.215 e. The molecular weight excluding hydrogens is 270 g/mol. The van der Waals surface area contributed by atoms with Gasteiger partial charge in [0.15, 0.2) is 0 Å². The molecule has 0 aromatic carbocycles. The fourth-order valence-electron chi connectivity index (χ4n) is 1.44. The molecule has 0 saturated carbocycles. The van der Waals surface area contributed by atoms with Gasteiger partial charge in [-0.25, -0.2) is 13.4 Å². The number of hydrogen-bond acceptors (Lipinski definition) is 5. The van der Waals surface area contributed by atoms with E-state index in [-0.39, 0.29) is 5.75 Å². The highest BCUT2D eigenvalue weighted by molar-refractivity contribution is 7.89. The highest BCUT2D eigenvalue weighted by Crippen LogP contribution is 2.15. The molecule has 0 aliphatic rings. The summed E-state index contributed by atoms with van der Waals surface area (Å²) in [5, 5.41) is 3.10. The van der Waals surface area contributed by atoms with Gasteiger partial charge < -0.3 is 5.32 Å². The molecule has 0 radical (unpaired) electrons. The second-order valence-electron chi connectivity index (χ2n) is 4.18. The van der Waals surface area contributed by atoms with Crippen LogP contribution in [-0.4, -0.2) is 43.6 Å². The van der Waals surface area contributed by atoms with Gasteiger partial charge in [0.25, 0.3) is 0 Å². The zero-order valence-electron chi connectivity index (χ0n) is 11.1. The summed E-state index contributed by atoms with van der Waals surface area (Å²) >= 11 is 1.49. The standard InChI is InChI=1S/C11H21N3O2S2/c1-4-5-12-6-7-18(15,16)14(3)8-11-10(2)13-9-17-11/h9,12H,4-8H2,1-3H3.